The molecule has 0 aliphatic carbocycles. The van der Waals surface area contributed by atoms with E-state index >= 15 is 0 Å². The monoisotopic (exact) mass is 252 g/mol. The fourth-order valence-electron chi connectivity index (χ4n) is 1.34. The second kappa shape index (κ2) is 4.47. The number of nitrogens with zero attached hydrogens (tertiary/aromatic N) is 1. The minimum Gasteiger partial charge on any atom is -0.508 e. The van der Waals surface area contributed by atoms with Crippen molar-refractivity contribution in [3.8, 4) is 17.4 Å². The minimum atomic E-state index is -0.478. The molecule has 2 rings (SSSR count). The highest BCUT2D eigenvalue weighted by Crippen LogP contribution is 2.27. The van der Waals surface area contributed by atoms with Crippen LogP contribution in [0.5, 0.6) is 17.4 Å². The Hall–Kier alpha value is -2.01. The molecule has 17 heavy (non-hydrogen) atoms. The number of aryl methyl sites for hydroxylation is 1. The Morgan fingerprint density at radius 2 is 2.18 bits per heavy atom. The molecule has 1 aromatic heterocycles. The Labute approximate surface area is 102 Å². The molecule has 1 heterocycles. The van der Waals surface area contributed by atoms with Gasteiger partial charge in [-0.05, 0) is 24.6 Å². The smallest absolute Gasteiger partial charge is 0.273 e. The minimum absolute atomic E-state index is 0.000386. The molecule has 0 spiro atoms. The molecule has 2 aromatic rings. The quantitative estimate of drug-likeness (QED) is 0.859. The predicted octanol–water partition coefficient (Wildman–Crippen LogP) is 2.23. The Morgan fingerprint density at radius 3 is 2.88 bits per heavy atom. The third kappa shape index (κ3) is 2.57. The van der Waals surface area contributed by atoms with Crippen molar-refractivity contribution in [3.63, 3.8) is 0 Å². The van der Waals surface area contributed by atoms with Gasteiger partial charge in [0, 0.05) is 6.07 Å². The van der Waals surface area contributed by atoms with E-state index in [1.807, 2.05) is 0 Å². The molecule has 0 saturated heterocycles. The number of ether oxygens (including phenoxy) is 1. The topological polar surface area (TPSA) is 75.2 Å². The van der Waals surface area contributed by atoms with Gasteiger partial charge in [0.25, 0.3) is 5.56 Å². The van der Waals surface area contributed by atoms with Crippen molar-refractivity contribution < 1.29 is 9.84 Å². The molecule has 0 aliphatic heterocycles. The number of phenolic OH excluding ortho intramolecular Hbond substituents is 1. The van der Waals surface area contributed by atoms with E-state index in [1.54, 1.807) is 19.1 Å². The zero-order valence-electron chi connectivity index (χ0n) is 8.90. The van der Waals surface area contributed by atoms with E-state index in [1.165, 1.54) is 12.4 Å². The van der Waals surface area contributed by atoms with Gasteiger partial charge in [-0.15, -0.1) is 0 Å². The highest BCUT2D eigenvalue weighted by atomic mass is 35.5. The first-order valence-corrected chi connectivity index (χ1v) is 5.16. The summed E-state index contributed by atoms with van der Waals surface area (Å²) in [5.41, 5.74) is 0.342. The number of phenols is 1. The maximum absolute atomic E-state index is 11.2. The first kappa shape index (κ1) is 11.5. The van der Waals surface area contributed by atoms with Gasteiger partial charge in [-0.1, -0.05) is 11.6 Å². The molecule has 2 N–H and O–H groups in total. The largest absolute Gasteiger partial charge is 0.508 e. The zero-order valence-corrected chi connectivity index (χ0v) is 9.65. The number of aromatic hydroxyl groups is 1. The first-order chi connectivity index (χ1) is 8.06. The van der Waals surface area contributed by atoms with Crippen LogP contribution in [0.4, 0.5) is 0 Å². The van der Waals surface area contributed by atoms with Gasteiger partial charge < -0.3 is 14.8 Å². The van der Waals surface area contributed by atoms with E-state index < -0.39 is 5.56 Å². The van der Waals surface area contributed by atoms with Gasteiger partial charge in [0.05, 0.1) is 6.33 Å². The van der Waals surface area contributed by atoms with E-state index in [0.29, 0.717) is 5.75 Å². The molecule has 5 nitrogen and oxygen atoms in total. The second-order valence-corrected chi connectivity index (χ2v) is 3.84. The summed E-state index contributed by atoms with van der Waals surface area (Å²) in [7, 11) is 0. The number of aromatic nitrogens is 2. The summed E-state index contributed by atoms with van der Waals surface area (Å²) >= 11 is 5.73. The van der Waals surface area contributed by atoms with Gasteiger partial charge in [-0.2, -0.15) is 0 Å². The predicted molar refractivity (Wildman–Crippen MR) is 62.8 cm³/mol. The number of nitrogens with one attached hydrogen (secondary N) is 1. The van der Waals surface area contributed by atoms with Crippen molar-refractivity contribution in [2.45, 2.75) is 6.92 Å². The maximum Gasteiger partial charge on any atom is 0.273 e. The van der Waals surface area contributed by atoms with Crippen LogP contribution in [0.1, 0.15) is 5.56 Å². The molecule has 0 atom stereocenters. The molecule has 0 bridgehead atoms. The summed E-state index contributed by atoms with van der Waals surface area (Å²) in [5, 5.41) is 9.26. The SMILES string of the molecule is Cc1cc(O)cc(Oc2nc[nH]c(=O)c2Cl)c1. The van der Waals surface area contributed by atoms with Gasteiger partial charge in [0.1, 0.15) is 11.5 Å². The lowest BCUT2D eigenvalue weighted by Crippen LogP contribution is -2.07. The van der Waals surface area contributed by atoms with Crippen LogP contribution in [-0.4, -0.2) is 15.1 Å². The van der Waals surface area contributed by atoms with Gasteiger partial charge >= 0.3 is 0 Å². The van der Waals surface area contributed by atoms with Crippen molar-refractivity contribution in [3.05, 3.63) is 45.5 Å². The molecule has 0 amide bonds. The van der Waals surface area contributed by atoms with Crippen LogP contribution in [-0.2, 0) is 0 Å². The first-order valence-electron chi connectivity index (χ1n) is 4.78. The van der Waals surface area contributed by atoms with Crippen LogP contribution in [0.25, 0.3) is 0 Å². The lowest BCUT2D eigenvalue weighted by molar-refractivity contribution is 0.443. The van der Waals surface area contributed by atoms with E-state index in [0.717, 1.165) is 5.56 Å². The van der Waals surface area contributed by atoms with Crippen LogP contribution in [0, 0.1) is 6.92 Å². The molecule has 0 saturated carbocycles. The van der Waals surface area contributed by atoms with E-state index in [2.05, 4.69) is 9.97 Å². The van der Waals surface area contributed by atoms with Crippen LogP contribution in [0.3, 0.4) is 0 Å². The lowest BCUT2D eigenvalue weighted by atomic mass is 10.2. The van der Waals surface area contributed by atoms with E-state index in [-0.39, 0.29) is 16.7 Å². The van der Waals surface area contributed by atoms with Crippen LogP contribution >= 0.6 is 11.6 Å². The van der Waals surface area contributed by atoms with Gasteiger partial charge in [0.2, 0.25) is 5.88 Å². The van der Waals surface area contributed by atoms with Crippen molar-refractivity contribution in [1.82, 2.24) is 9.97 Å². The molecule has 0 fully saturated rings. The van der Waals surface area contributed by atoms with Crippen LogP contribution in [0.2, 0.25) is 5.02 Å². The molecule has 0 radical (unpaired) electrons. The number of rotatable bonds is 2. The highest BCUT2D eigenvalue weighted by molar-refractivity contribution is 6.31. The normalized spacial score (nSPS) is 10.2. The molecule has 0 aliphatic rings. The number of halogens is 1. The number of hydrogen-bond donors (Lipinski definition) is 2. The van der Waals surface area contributed by atoms with E-state index in [4.69, 9.17) is 16.3 Å². The Bertz CT molecular complexity index is 590. The van der Waals surface area contributed by atoms with Crippen molar-refractivity contribution in [2.75, 3.05) is 0 Å². The van der Waals surface area contributed by atoms with Crippen LogP contribution in [0.15, 0.2) is 29.3 Å². The number of benzene rings is 1. The Balaban J connectivity index is 2.38. The summed E-state index contributed by atoms with van der Waals surface area (Å²) in [6, 6.07) is 4.69. The number of aromatic amines is 1. The standard InChI is InChI=1S/C11H9ClN2O3/c1-6-2-7(15)4-8(3-6)17-11-9(12)10(16)13-5-14-11/h2-5,15H,1H3,(H,13,14,16). The zero-order chi connectivity index (χ0) is 12.4. The summed E-state index contributed by atoms with van der Waals surface area (Å²) in [6.07, 6.45) is 1.19. The fourth-order valence-corrected chi connectivity index (χ4v) is 1.48. The summed E-state index contributed by atoms with van der Waals surface area (Å²) in [4.78, 5) is 17.3. The maximum atomic E-state index is 11.2. The summed E-state index contributed by atoms with van der Waals surface area (Å²) in [6.45, 7) is 1.80. The molecular formula is C11H9ClN2O3. The fraction of sp³-hybridized carbons (Fsp3) is 0.0909. The summed E-state index contributed by atoms with van der Waals surface area (Å²) in [5.74, 6) is 0.434. The number of hydrogen-bond acceptors (Lipinski definition) is 4. The highest BCUT2D eigenvalue weighted by Gasteiger charge is 2.09. The van der Waals surface area contributed by atoms with Crippen molar-refractivity contribution >= 4 is 11.6 Å². The lowest BCUT2D eigenvalue weighted by Gasteiger charge is -2.06. The van der Waals surface area contributed by atoms with Gasteiger partial charge in [0.15, 0.2) is 5.02 Å². The third-order valence-corrected chi connectivity index (χ3v) is 2.35. The van der Waals surface area contributed by atoms with Gasteiger partial charge in [-0.3, -0.25) is 4.79 Å². The third-order valence-electron chi connectivity index (χ3n) is 2.01. The summed E-state index contributed by atoms with van der Waals surface area (Å²) < 4.78 is 5.33. The molecule has 88 valence electrons. The van der Waals surface area contributed by atoms with Crippen molar-refractivity contribution in [1.29, 1.82) is 0 Å². The average molecular weight is 253 g/mol. The van der Waals surface area contributed by atoms with Crippen molar-refractivity contribution in [2.24, 2.45) is 0 Å². The Morgan fingerprint density at radius 1 is 1.41 bits per heavy atom. The van der Waals surface area contributed by atoms with Crippen LogP contribution < -0.4 is 10.3 Å². The second-order valence-electron chi connectivity index (χ2n) is 3.46. The van der Waals surface area contributed by atoms with Gasteiger partial charge in [-0.25, -0.2) is 4.98 Å². The molecule has 0 unspecified atom stereocenters. The Kier molecular flexibility index (Phi) is 3.01. The molecular weight excluding hydrogens is 244 g/mol. The molecule has 1 aromatic carbocycles. The van der Waals surface area contributed by atoms with E-state index in [9.17, 15) is 9.90 Å². The average Bonchev–Trinajstić information content (AvgIpc) is 2.23. The number of H-pyrrole nitrogens is 1. The molecule has 6 heteroatoms.